The Balaban J connectivity index is 1.41. The molecule has 0 radical (unpaired) electrons. The van der Waals surface area contributed by atoms with Crippen molar-refractivity contribution in [1.29, 1.82) is 0 Å². The molecule has 0 spiro atoms. The first-order chi connectivity index (χ1) is 21.4. The van der Waals surface area contributed by atoms with Crippen LogP contribution >= 0.6 is 0 Å². The summed E-state index contributed by atoms with van der Waals surface area (Å²) in [6.45, 7) is 1.38. The SMILES string of the molecule is c1ccc(N2CN(C(c3ccccc3)(c3ccccc3)N3CN(c4ccccc4)c4ccccc43)c3ccccc32)cc1. The van der Waals surface area contributed by atoms with Crippen LogP contribution in [-0.2, 0) is 5.66 Å². The molecule has 8 rings (SSSR count). The van der Waals surface area contributed by atoms with Crippen LogP contribution in [0.4, 0.5) is 34.1 Å². The van der Waals surface area contributed by atoms with Gasteiger partial charge in [0.15, 0.2) is 5.66 Å². The van der Waals surface area contributed by atoms with Crippen LogP contribution in [0, 0.1) is 0 Å². The number of benzene rings is 6. The van der Waals surface area contributed by atoms with Crippen molar-refractivity contribution in [3.05, 3.63) is 181 Å². The highest BCUT2D eigenvalue weighted by atomic mass is 15.5. The van der Waals surface area contributed by atoms with Gasteiger partial charge in [0, 0.05) is 22.5 Å². The van der Waals surface area contributed by atoms with Crippen LogP contribution in [0.3, 0.4) is 0 Å². The van der Waals surface area contributed by atoms with Crippen molar-refractivity contribution in [2.45, 2.75) is 5.66 Å². The lowest BCUT2D eigenvalue weighted by Gasteiger charge is -2.51. The van der Waals surface area contributed by atoms with Gasteiger partial charge in [-0.1, -0.05) is 121 Å². The van der Waals surface area contributed by atoms with E-state index in [1.54, 1.807) is 0 Å². The van der Waals surface area contributed by atoms with E-state index in [4.69, 9.17) is 0 Å². The van der Waals surface area contributed by atoms with Gasteiger partial charge in [0.25, 0.3) is 0 Å². The van der Waals surface area contributed by atoms with Crippen molar-refractivity contribution in [2.24, 2.45) is 0 Å². The largest absolute Gasteiger partial charge is 0.321 e. The van der Waals surface area contributed by atoms with Crippen molar-refractivity contribution in [3.63, 3.8) is 0 Å². The van der Waals surface area contributed by atoms with E-state index >= 15 is 0 Å². The number of fused-ring (bicyclic) bond motifs is 2. The zero-order valence-corrected chi connectivity index (χ0v) is 23.9. The van der Waals surface area contributed by atoms with Gasteiger partial charge >= 0.3 is 0 Å². The maximum absolute atomic E-state index is 2.60. The number of rotatable bonds is 6. The van der Waals surface area contributed by atoms with E-state index in [0.29, 0.717) is 13.3 Å². The lowest BCUT2D eigenvalue weighted by atomic mass is 9.87. The topological polar surface area (TPSA) is 13.0 Å². The Labute approximate surface area is 253 Å². The molecule has 0 unspecified atom stereocenters. The van der Waals surface area contributed by atoms with E-state index < -0.39 is 5.66 Å². The number of hydrogen-bond donors (Lipinski definition) is 0. The minimum absolute atomic E-state index is 0.665. The summed E-state index contributed by atoms with van der Waals surface area (Å²) in [4.78, 5) is 10.1. The van der Waals surface area contributed by atoms with E-state index in [9.17, 15) is 0 Å². The van der Waals surface area contributed by atoms with Crippen LogP contribution in [-0.4, -0.2) is 13.3 Å². The average molecular weight is 557 g/mol. The Kier molecular flexibility index (Phi) is 6.11. The second-order valence-corrected chi connectivity index (χ2v) is 11.0. The molecule has 2 aliphatic rings. The van der Waals surface area contributed by atoms with Crippen molar-refractivity contribution >= 4 is 34.1 Å². The van der Waals surface area contributed by atoms with Crippen molar-refractivity contribution in [2.75, 3.05) is 32.9 Å². The van der Waals surface area contributed by atoms with E-state index in [2.05, 4.69) is 189 Å². The fourth-order valence-electron chi connectivity index (χ4n) is 6.92. The third-order valence-electron chi connectivity index (χ3n) is 8.76. The monoisotopic (exact) mass is 556 g/mol. The third kappa shape index (κ3) is 3.98. The summed E-state index contributed by atoms with van der Waals surface area (Å²) in [7, 11) is 0. The Morgan fingerprint density at radius 2 is 0.628 bits per heavy atom. The maximum Gasteiger partial charge on any atom is 0.169 e. The molecule has 0 bridgehead atoms. The first kappa shape index (κ1) is 25.2. The highest BCUT2D eigenvalue weighted by Crippen LogP contribution is 2.54. The molecule has 2 aliphatic heterocycles. The van der Waals surface area contributed by atoms with Crippen LogP contribution in [0.2, 0.25) is 0 Å². The number of para-hydroxylation sites is 6. The van der Waals surface area contributed by atoms with Gasteiger partial charge in [-0.2, -0.15) is 0 Å². The van der Waals surface area contributed by atoms with Crippen molar-refractivity contribution in [3.8, 4) is 0 Å². The molecule has 6 aromatic rings. The predicted molar refractivity (Wildman–Crippen MR) is 178 cm³/mol. The summed E-state index contributed by atoms with van der Waals surface area (Å²) in [6, 6.07) is 61.2. The summed E-state index contributed by atoms with van der Waals surface area (Å²) >= 11 is 0. The smallest absolute Gasteiger partial charge is 0.169 e. The third-order valence-corrected chi connectivity index (χ3v) is 8.76. The minimum atomic E-state index is -0.665. The molecule has 0 aliphatic carbocycles. The quantitative estimate of drug-likeness (QED) is 0.203. The lowest BCUT2D eigenvalue weighted by Crippen LogP contribution is -2.60. The molecule has 0 fully saturated rings. The Bertz CT molecular complexity index is 1700. The van der Waals surface area contributed by atoms with E-state index in [1.807, 2.05) is 0 Å². The van der Waals surface area contributed by atoms with Crippen LogP contribution < -0.4 is 19.6 Å². The molecule has 4 nitrogen and oxygen atoms in total. The highest BCUT2D eigenvalue weighted by molar-refractivity contribution is 5.88. The molecule has 0 atom stereocenters. The fraction of sp³-hybridized carbons (Fsp3) is 0.0769. The van der Waals surface area contributed by atoms with E-state index in [-0.39, 0.29) is 0 Å². The zero-order valence-electron chi connectivity index (χ0n) is 23.9. The standard InChI is InChI=1S/C39H32N4/c1-5-17-31(18-6-1)39(32-19-7-2-8-20-32,42-29-40(33-21-9-3-10-22-33)35-25-13-15-27-37(35)42)43-30-41(34-23-11-4-12-24-34)36-26-14-16-28-38(36)43/h1-28H,29-30H2. The van der Waals surface area contributed by atoms with Gasteiger partial charge in [-0.3, -0.25) is 0 Å². The molecule has 4 heteroatoms. The van der Waals surface area contributed by atoms with Gasteiger partial charge in [-0.05, 0) is 48.5 Å². The van der Waals surface area contributed by atoms with Gasteiger partial charge in [-0.25, -0.2) is 0 Å². The summed E-state index contributed by atoms with van der Waals surface area (Å²) in [5, 5.41) is 0. The first-order valence-electron chi connectivity index (χ1n) is 14.9. The first-order valence-corrected chi connectivity index (χ1v) is 14.9. The maximum atomic E-state index is 2.60. The average Bonchev–Trinajstić information content (AvgIpc) is 3.68. The van der Waals surface area contributed by atoms with Gasteiger partial charge < -0.3 is 19.6 Å². The van der Waals surface area contributed by atoms with Crippen molar-refractivity contribution < 1.29 is 0 Å². The molecule has 43 heavy (non-hydrogen) atoms. The van der Waals surface area contributed by atoms with Crippen LogP contribution in [0.1, 0.15) is 11.1 Å². The summed E-state index contributed by atoms with van der Waals surface area (Å²) < 4.78 is 0. The Hall–Kier alpha value is -5.48. The lowest BCUT2D eigenvalue weighted by molar-refractivity contribution is 0.461. The molecule has 0 saturated heterocycles. The zero-order chi connectivity index (χ0) is 28.6. The van der Waals surface area contributed by atoms with Crippen LogP contribution in [0.5, 0.6) is 0 Å². The van der Waals surface area contributed by atoms with Crippen LogP contribution in [0.25, 0.3) is 0 Å². The molecular weight excluding hydrogens is 524 g/mol. The Morgan fingerprint density at radius 1 is 0.326 bits per heavy atom. The molecular formula is C39H32N4. The fourth-order valence-corrected chi connectivity index (χ4v) is 6.92. The van der Waals surface area contributed by atoms with Gasteiger partial charge in [0.2, 0.25) is 0 Å². The van der Waals surface area contributed by atoms with Crippen molar-refractivity contribution in [1.82, 2.24) is 0 Å². The summed E-state index contributed by atoms with van der Waals surface area (Å²) in [5.74, 6) is 0. The molecule has 0 amide bonds. The van der Waals surface area contributed by atoms with E-state index in [1.165, 1.54) is 45.3 Å². The minimum Gasteiger partial charge on any atom is -0.321 e. The molecule has 0 N–H and O–H groups in total. The summed E-state index contributed by atoms with van der Waals surface area (Å²) in [5.41, 5.74) is 8.95. The van der Waals surface area contributed by atoms with Crippen LogP contribution in [0.15, 0.2) is 170 Å². The number of nitrogens with zero attached hydrogens (tertiary/aromatic N) is 4. The normalized spacial score (nSPS) is 14.1. The van der Waals surface area contributed by atoms with Gasteiger partial charge in [0.1, 0.15) is 0 Å². The molecule has 0 saturated carbocycles. The summed E-state index contributed by atoms with van der Waals surface area (Å²) in [6.07, 6.45) is 0. The second-order valence-electron chi connectivity index (χ2n) is 11.0. The highest BCUT2D eigenvalue weighted by Gasteiger charge is 2.52. The van der Waals surface area contributed by atoms with E-state index in [0.717, 1.165) is 0 Å². The second kappa shape index (κ2) is 10.4. The molecule has 208 valence electrons. The molecule has 0 aromatic heterocycles. The van der Waals surface area contributed by atoms with Gasteiger partial charge in [0.05, 0.1) is 36.1 Å². The Morgan fingerprint density at radius 3 is 1.00 bits per heavy atom. The number of anilines is 6. The predicted octanol–water partition coefficient (Wildman–Crippen LogP) is 9.12. The van der Waals surface area contributed by atoms with Gasteiger partial charge in [-0.15, -0.1) is 0 Å². The molecule has 2 heterocycles. The molecule has 6 aromatic carbocycles. The number of hydrogen-bond acceptors (Lipinski definition) is 4.